The van der Waals surface area contributed by atoms with E-state index in [-0.39, 0.29) is 24.2 Å². The van der Waals surface area contributed by atoms with Crippen molar-refractivity contribution in [2.75, 3.05) is 33.4 Å². The molecule has 4 nitrogen and oxygen atoms in total. The summed E-state index contributed by atoms with van der Waals surface area (Å²) in [6.45, 7) is 2.99. The molecule has 1 atom stereocenters. The van der Waals surface area contributed by atoms with Crippen molar-refractivity contribution in [1.82, 2.24) is 10.6 Å². The molecule has 78 valence electrons. The van der Waals surface area contributed by atoms with E-state index in [0.717, 1.165) is 19.5 Å². The first kappa shape index (κ1) is 12.7. The summed E-state index contributed by atoms with van der Waals surface area (Å²) in [5.41, 5.74) is 0. The van der Waals surface area contributed by atoms with Crippen molar-refractivity contribution in [1.29, 1.82) is 0 Å². The molecule has 1 aliphatic rings. The molecule has 0 saturated carbocycles. The van der Waals surface area contributed by atoms with E-state index in [0.29, 0.717) is 13.2 Å². The van der Waals surface area contributed by atoms with Gasteiger partial charge in [0.15, 0.2) is 0 Å². The van der Waals surface area contributed by atoms with Crippen LogP contribution in [-0.4, -0.2) is 39.3 Å². The first-order valence-electron chi connectivity index (χ1n) is 4.32. The molecule has 1 heterocycles. The zero-order chi connectivity index (χ0) is 8.81. The fraction of sp³-hybridized carbons (Fsp3) is 0.875. The van der Waals surface area contributed by atoms with Crippen LogP contribution in [0.25, 0.3) is 0 Å². The van der Waals surface area contributed by atoms with Crippen molar-refractivity contribution < 1.29 is 9.53 Å². The van der Waals surface area contributed by atoms with Gasteiger partial charge in [-0.1, -0.05) is 0 Å². The predicted octanol–water partition coefficient (Wildman–Crippen LogP) is -0.220. The van der Waals surface area contributed by atoms with E-state index >= 15 is 0 Å². The number of ether oxygens (including phenoxy) is 1. The molecular weight excluding hydrogens is 192 g/mol. The number of carbonyl (C=O) groups excluding carboxylic acids is 1. The molecule has 13 heavy (non-hydrogen) atoms. The molecule has 0 unspecified atom stereocenters. The van der Waals surface area contributed by atoms with Crippen LogP contribution in [0.4, 0.5) is 0 Å². The second kappa shape index (κ2) is 7.12. The van der Waals surface area contributed by atoms with Gasteiger partial charge in [0.25, 0.3) is 0 Å². The molecule has 1 fully saturated rings. The average molecular weight is 209 g/mol. The van der Waals surface area contributed by atoms with Crippen LogP contribution >= 0.6 is 12.4 Å². The molecule has 1 rings (SSSR count). The standard InChI is InChI=1S/C8H16N2O2.ClH/c1-12-5-4-10-8(11)7-2-3-9-6-7;/h7,9H,2-6H2,1H3,(H,10,11);1H/t7-;/m1./s1. The van der Waals surface area contributed by atoms with E-state index in [4.69, 9.17) is 4.74 Å². The van der Waals surface area contributed by atoms with Crippen LogP contribution in [0.2, 0.25) is 0 Å². The third-order valence-corrected chi connectivity index (χ3v) is 2.04. The van der Waals surface area contributed by atoms with Gasteiger partial charge in [-0.15, -0.1) is 12.4 Å². The molecule has 0 spiro atoms. The molecule has 2 N–H and O–H groups in total. The third kappa shape index (κ3) is 4.45. The molecule has 0 radical (unpaired) electrons. The number of carbonyl (C=O) groups is 1. The Morgan fingerprint density at radius 1 is 1.69 bits per heavy atom. The zero-order valence-electron chi connectivity index (χ0n) is 7.84. The van der Waals surface area contributed by atoms with Crippen LogP contribution < -0.4 is 10.6 Å². The Labute approximate surface area is 84.8 Å². The van der Waals surface area contributed by atoms with Gasteiger partial charge in [0.2, 0.25) is 5.91 Å². The van der Waals surface area contributed by atoms with E-state index in [1.807, 2.05) is 0 Å². The highest BCUT2D eigenvalue weighted by molar-refractivity contribution is 5.85. The lowest BCUT2D eigenvalue weighted by atomic mass is 10.1. The van der Waals surface area contributed by atoms with Crippen LogP contribution in [0.5, 0.6) is 0 Å². The van der Waals surface area contributed by atoms with Gasteiger partial charge in [-0.3, -0.25) is 4.79 Å². The van der Waals surface area contributed by atoms with Crippen LogP contribution in [0.1, 0.15) is 6.42 Å². The first-order valence-corrected chi connectivity index (χ1v) is 4.32. The molecular formula is C8H17ClN2O2. The summed E-state index contributed by atoms with van der Waals surface area (Å²) in [6, 6.07) is 0. The summed E-state index contributed by atoms with van der Waals surface area (Å²) in [5, 5.41) is 5.97. The van der Waals surface area contributed by atoms with E-state index in [1.165, 1.54) is 0 Å². The summed E-state index contributed by atoms with van der Waals surface area (Å²) in [7, 11) is 1.63. The highest BCUT2D eigenvalue weighted by Crippen LogP contribution is 2.06. The van der Waals surface area contributed by atoms with Crippen molar-refractivity contribution in [2.45, 2.75) is 6.42 Å². The number of halogens is 1. The van der Waals surface area contributed by atoms with Crippen molar-refractivity contribution in [3.8, 4) is 0 Å². The third-order valence-electron chi connectivity index (χ3n) is 2.04. The second-order valence-electron chi connectivity index (χ2n) is 2.97. The molecule has 0 aromatic carbocycles. The SMILES string of the molecule is COCCNC(=O)[C@@H]1CCNC1.Cl. The summed E-state index contributed by atoms with van der Waals surface area (Å²) in [5.74, 6) is 0.318. The molecule has 1 aliphatic heterocycles. The van der Waals surface area contributed by atoms with E-state index in [2.05, 4.69) is 10.6 Å². The predicted molar refractivity (Wildman–Crippen MR) is 53.1 cm³/mol. The second-order valence-corrected chi connectivity index (χ2v) is 2.97. The minimum atomic E-state index is 0. The summed E-state index contributed by atoms with van der Waals surface area (Å²) < 4.78 is 4.82. The highest BCUT2D eigenvalue weighted by Gasteiger charge is 2.21. The van der Waals surface area contributed by atoms with Crippen LogP contribution in [-0.2, 0) is 9.53 Å². The lowest BCUT2D eigenvalue weighted by molar-refractivity contribution is -0.124. The molecule has 1 saturated heterocycles. The average Bonchev–Trinajstić information content (AvgIpc) is 2.56. The van der Waals surface area contributed by atoms with Gasteiger partial charge in [-0.2, -0.15) is 0 Å². The van der Waals surface area contributed by atoms with Gasteiger partial charge in [0.1, 0.15) is 0 Å². The largest absolute Gasteiger partial charge is 0.383 e. The highest BCUT2D eigenvalue weighted by atomic mass is 35.5. The van der Waals surface area contributed by atoms with Gasteiger partial charge in [0, 0.05) is 20.2 Å². The number of nitrogens with one attached hydrogen (secondary N) is 2. The minimum absolute atomic E-state index is 0. The number of rotatable bonds is 4. The van der Waals surface area contributed by atoms with Crippen LogP contribution in [0.3, 0.4) is 0 Å². The lowest BCUT2D eigenvalue weighted by Gasteiger charge is -2.08. The monoisotopic (exact) mass is 208 g/mol. The van der Waals surface area contributed by atoms with Crippen molar-refractivity contribution in [3.05, 3.63) is 0 Å². The maximum absolute atomic E-state index is 11.3. The zero-order valence-corrected chi connectivity index (χ0v) is 8.65. The van der Waals surface area contributed by atoms with Crippen molar-refractivity contribution >= 4 is 18.3 Å². The van der Waals surface area contributed by atoms with E-state index in [9.17, 15) is 4.79 Å². The van der Waals surface area contributed by atoms with Gasteiger partial charge in [-0.25, -0.2) is 0 Å². The Morgan fingerprint density at radius 2 is 2.46 bits per heavy atom. The topological polar surface area (TPSA) is 50.4 Å². The molecule has 0 bridgehead atoms. The Kier molecular flexibility index (Phi) is 6.94. The Hall–Kier alpha value is -0.320. The number of methoxy groups -OCH3 is 1. The Balaban J connectivity index is 0.00000144. The number of hydrogen-bond donors (Lipinski definition) is 2. The molecule has 0 aliphatic carbocycles. The molecule has 0 aromatic rings. The molecule has 1 amide bonds. The first-order chi connectivity index (χ1) is 5.84. The van der Waals surface area contributed by atoms with Crippen LogP contribution in [0.15, 0.2) is 0 Å². The normalized spacial score (nSPS) is 20.8. The quantitative estimate of drug-likeness (QED) is 0.629. The minimum Gasteiger partial charge on any atom is -0.383 e. The Bertz CT molecular complexity index is 149. The van der Waals surface area contributed by atoms with Gasteiger partial charge < -0.3 is 15.4 Å². The lowest BCUT2D eigenvalue weighted by Crippen LogP contribution is -2.33. The van der Waals surface area contributed by atoms with Crippen molar-refractivity contribution in [2.24, 2.45) is 5.92 Å². The van der Waals surface area contributed by atoms with Crippen LogP contribution in [0, 0.1) is 5.92 Å². The molecule has 0 aromatic heterocycles. The van der Waals surface area contributed by atoms with E-state index < -0.39 is 0 Å². The van der Waals surface area contributed by atoms with Gasteiger partial charge in [0.05, 0.1) is 12.5 Å². The van der Waals surface area contributed by atoms with E-state index in [1.54, 1.807) is 7.11 Å². The maximum Gasteiger partial charge on any atom is 0.224 e. The summed E-state index contributed by atoms with van der Waals surface area (Å²) in [6.07, 6.45) is 0.957. The maximum atomic E-state index is 11.3. The Morgan fingerprint density at radius 3 is 3.00 bits per heavy atom. The fourth-order valence-electron chi connectivity index (χ4n) is 1.30. The van der Waals surface area contributed by atoms with Crippen molar-refractivity contribution in [3.63, 3.8) is 0 Å². The number of amides is 1. The van der Waals surface area contributed by atoms with Gasteiger partial charge in [-0.05, 0) is 13.0 Å². The number of hydrogen-bond acceptors (Lipinski definition) is 3. The molecule has 5 heteroatoms. The fourth-order valence-corrected chi connectivity index (χ4v) is 1.30. The summed E-state index contributed by atoms with van der Waals surface area (Å²) in [4.78, 5) is 11.3. The summed E-state index contributed by atoms with van der Waals surface area (Å²) >= 11 is 0. The van der Waals surface area contributed by atoms with Gasteiger partial charge >= 0.3 is 0 Å². The smallest absolute Gasteiger partial charge is 0.224 e.